The number of hydrogen-bond donors (Lipinski definition) is 1. The molecule has 1 heterocycles. The number of para-hydroxylation sites is 2. The van der Waals surface area contributed by atoms with Crippen LogP contribution in [0.4, 0.5) is 0 Å². The minimum absolute atomic E-state index is 0. The van der Waals surface area contributed by atoms with E-state index in [1.165, 1.54) is 0 Å². The summed E-state index contributed by atoms with van der Waals surface area (Å²) in [4.78, 5) is 0. The van der Waals surface area contributed by atoms with E-state index in [1.807, 2.05) is 90.3 Å². The van der Waals surface area contributed by atoms with Gasteiger partial charge in [-0.3, -0.25) is 0 Å². The molecule has 2 N–H and O–H groups in total. The molecule has 0 spiro atoms. The van der Waals surface area contributed by atoms with Crippen molar-refractivity contribution in [3.8, 4) is 23.0 Å². The van der Waals surface area contributed by atoms with Crippen LogP contribution >= 0.6 is 23.7 Å². The van der Waals surface area contributed by atoms with Gasteiger partial charge in [-0.15, -0.1) is 12.4 Å². The van der Waals surface area contributed by atoms with E-state index in [1.54, 1.807) is 11.3 Å². The molecule has 0 fully saturated rings. The van der Waals surface area contributed by atoms with E-state index in [9.17, 15) is 0 Å². The van der Waals surface area contributed by atoms with Crippen LogP contribution in [0.15, 0.2) is 95.7 Å². The van der Waals surface area contributed by atoms with E-state index in [4.69, 9.17) is 15.2 Å². The van der Waals surface area contributed by atoms with Gasteiger partial charge in [0.2, 0.25) is 0 Å². The van der Waals surface area contributed by atoms with E-state index in [0.29, 0.717) is 11.5 Å². The summed E-state index contributed by atoms with van der Waals surface area (Å²) in [7, 11) is 0. The van der Waals surface area contributed by atoms with Crippen LogP contribution in [0.3, 0.4) is 0 Å². The summed E-state index contributed by atoms with van der Waals surface area (Å²) in [6.07, 6.45) is 0. The lowest BCUT2D eigenvalue weighted by atomic mass is 10.0. The largest absolute Gasteiger partial charge is 0.453 e. The third-order valence-electron chi connectivity index (χ3n) is 4.17. The molecule has 0 radical (unpaired) electrons. The Labute approximate surface area is 174 Å². The molecular weight excluding hydrogens is 390 g/mol. The van der Waals surface area contributed by atoms with Crippen LogP contribution in [0, 0.1) is 0 Å². The predicted octanol–water partition coefficient (Wildman–Crippen LogP) is 6.80. The summed E-state index contributed by atoms with van der Waals surface area (Å²) < 4.78 is 12.2. The van der Waals surface area contributed by atoms with Gasteiger partial charge >= 0.3 is 0 Å². The molecule has 0 saturated heterocycles. The number of halogens is 1. The lowest BCUT2D eigenvalue weighted by Gasteiger charge is -2.16. The average Bonchev–Trinajstić information content (AvgIpc) is 3.25. The van der Waals surface area contributed by atoms with E-state index in [0.717, 1.165) is 22.6 Å². The zero-order chi connectivity index (χ0) is 18.5. The Morgan fingerprint density at radius 2 is 1.29 bits per heavy atom. The fourth-order valence-corrected chi connectivity index (χ4v) is 3.45. The fourth-order valence-electron chi connectivity index (χ4n) is 2.76. The van der Waals surface area contributed by atoms with Crippen LogP contribution in [0.2, 0.25) is 0 Å². The zero-order valence-electron chi connectivity index (χ0n) is 15.0. The van der Waals surface area contributed by atoms with E-state index in [2.05, 4.69) is 5.38 Å². The van der Waals surface area contributed by atoms with Gasteiger partial charge in [0.1, 0.15) is 11.5 Å². The summed E-state index contributed by atoms with van der Waals surface area (Å²) in [6.45, 7) is 0. The van der Waals surface area contributed by atoms with Crippen molar-refractivity contribution >= 4 is 23.7 Å². The molecule has 28 heavy (non-hydrogen) atoms. The van der Waals surface area contributed by atoms with Crippen molar-refractivity contribution < 1.29 is 9.47 Å². The second kappa shape index (κ2) is 9.42. The molecule has 0 aliphatic heterocycles. The van der Waals surface area contributed by atoms with Crippen molar-refractivity contribution in [2.24, 2.45) is 5.73 Å². The summed E-state index contributed by atoms with van der Waals surface area (Å²) >= 11 is 1.64. The second-order valence-electron chi connectivity index (χ2n) is 6.07. The third kappa shape index (κ3) is 4.73. The maximum Gasteiger partial charge on any atom is 0.170 e. The third-order valence-corrected chi connectivity index (χ3v) is 4.87. The van der Waals surface area contributed by atoms with Crippen molar-refractivity contribution in [2.75, 3.05) is 0 Å². The lowest BCUT2D eigenvalue weighted by molar-refractivity contribution is 0.418. The molecule has 0 amide bonds. The van der Waals surface area contributed by atoms with Gasteiger partial charge in [-0.25, -0.2) is 0 Å². The maximum atomic E-state index is 6.44. The van der Waals surface area contributed by atoms with Crippen LogP contribution in [0.25, 0.3) is 0 Å². The van der Waals surface area contributed by atoms with Gasteiger partial charge in [0, 0.05) is 0 Å². The van der Waals surface area contributed by atoms with Gasteiger partial charge in [-0.05, 0) is 64.4 Å². The number of rotatable bonds is 6. The molecule has 0 saturated carbocycles. The van der Waals surface area contributed by atoms with Gasteiger partial charge < -0.3 is 15.2 Å². The number of benzene rings is 3. The first-order chi connectivity index (χ1) is 13.3. The Morgan fingerprint density at radius 1 is 0.679 bits per heavy atom. The Hall–Kier alpha value is -2.79. The molecule has 4 aromatic rings. The molecule has 1 atom stereocenters. The highest BCUT2D eigenvalue weighted by molar-refractivity contribution is 7.08. The summed E-state index contributed by atoms with van der Waals surface area (Å²) in [5, 5.41) is 4.10. The predicted molar refractivity (Wildman–Crippen MR) is 117 cm³/mol. The summed E-state index contributed by atoms with van der Waals surface area (Å²) in [5.41, 5.74) is 8.49. The van der Waals surface area contributed by atoms with E-state index in [-0.39, 0.29) is 18.4 Å². The number of hydrogen-bond acceptors (Lipinski definition) is 4. The number of ether oxygens (including phenoxy) is 2. The molecular formula is C23H20ClNO2S. The van der Waals surface area contributed by atoms with Gasteiger partial charge in [0.25, 0.3) is 0 Å². The molecule has 0 aliphatic carbocycles. The molecule has 3 aromatic carbocycles. The van der Waals surface area contributed by atoms with Gasteiger partial charge in [-0.2, -0.15) is 11.3 Å². The smallest absolute Gasteiger partial charge is 0.170 e. The quantitative estimate of drug-likeness (QED) is 0.380. The highest BCUT2D eigenvalue weighted by Gasteiger charge is 2.15. The lowest BCUT2D eigenvalue weighted by Crippen LogP contribution is -2.11. The minimum atomic E-state index is -0.208. The normalized spacial score (nSPS) is 11.3. The molecule has 5 heteroatoms. The maximum absolute atomic E-state index is 6.44. The van der Waals surface area contributed by atoms with E-state index < -0.39 is 0 Å². The van der Waals surface area contributed by atoms with Crippen molar-refractivity contribution in [3.05, 3.63) is 107 Å². The summed E-state index contributed by atoms with van der Waals surface area (Å²) in [5.74, 6) is 2.78. The van der Waals surface area contributed by atoms with Gasteiger partial charge in [0.15, 0.2) is 11.5 Å². The van der Waals surface area contributed by atoms with Crippen molar-refractivity contribution in [3.63, 3.8) is 0 Å². The average molecular weight is 410 g/mol. The molecule has 3 nitrogen and oxygen atoms in total. The Balaban J connectivity index is 0.00000225. The number of nitrogens with two attached hydrogens (primary N) is 1. The topological polar surface area (TPSA) is 44.5 Å². The van der Waals surface area contributed by atoms with Crippen LogP contribution in [-0.2, 0) is 0 Å². The van der Waals surface area contributed by atoms with Crippen molar-refractivity contribution in [2.45, 2.75) is 6.04 Å². The van der Waals surface area contributed by atoms with Gasteiger partial charge in [0.05, 0.1) is 6.04 Å². The SMILES string of the molecule is Cl.N[C@H](c1ccsc1)c1ccc(Oc2ccccc2)c(Oc2ccccc2)c1. The van der Waals surface area contributed by atoms with Gasteiger partial charge in [-0.1, -0.05) is 42.5 Å². The minimum Gasteiger partial charge on any atom is -0.453 e. The first-order valence-electron chi connectivity index (χ1n) is 8.67. The summed E-state index contributed by atoms with van der Waals surface area (Å²) in [6, 6.07) is 27.0. The van der Waals surface area contributed by atoms with Crippen LogP contribution in [0.1, 0.15) is 17.2 Å². The van der Waals surface area contributed by atoms with Crippen LogP contribution < -0.4 is 15.2 Å². The van der Waals surface area contributed by atoms with Crippen LogP contribution in [0.5, 0.6) is 23.0 Å². The molecule has 1 aromatic heterocycles. The Morgan fingerprint density at radius 3 is 1.86 bits per heavy atom. The van der Waals surface area contributed by atoms with Crippen molar-refractivity contribution in [1.29, 1.82) is 0 Å². The molecule has 0 unspecified atom stereocenters. The Kier molecular flexibility index (Phi) is 6.71. The number of thiophene rings is 1. The van der Waals surface area contributed by atoms with Crippen molar-refractivity contribution in [1.82, 2.24) is 0 Å². The first kappa shape index (κ1) is 20.0. The molecule has 0 bridgehead atoms. The molecule has 142 valence electrons. The zero-order valence-corrected chi connectivity index (χ0v) is 16.7. The Bertz CT molecular complexity index is 992. The highest BCUT2D eigenvalue weighted by atomic mass is 35.5. The second-order valence-corrected chi connectivity index (χ2v) is 6.85. The highest BCUT2D eigenvalue weighted by Crippen LogP contribution is 2.37. The first-order valence-corrected chi connectivity index (χ1v) is 9.61. The monoisotopic (exact) mass is 409 g/mol. The van der Waals surface area contributed by atoms with E-state index >= 15 is 0 Å². The molecule has 0 aliphatic rings. The molecule has 4 rings (SSSR count). The standard InChI is InChI=1S/C23H19NO2S.ClH/c24-23(18-13-14-27-16-18)17-11-12-21(25-19-7-3-1-4-8-19)22(15-17)26-20-9-5-2-6-10-20;/h1-16,23H,24H2;1H/t23-;/m0./s1. The van der Waals surface area contributed by atoms with Crippen LogP contribution in [-0.4, -0.2) is 0 Å². The fraction of sp³-hybridized carbons (Fsp3) is 0.0435.